The number of benzene rings is 4. The lowest BCUT2D eigenvalue weighted by atomic mass is 9.90. The monoisotopic (exact) mass is 521 g/mol. The lowest BCUT2D eigenvalue weighted by Crippen LogP contribution is -2.19. The summed E-state index contributed by atoms with van der Waals surface area (Å²) in [5.41, 5.74) is 5.44. The van der Waals surface area contributed by atoms with Gasteiger partial charge in [-0.2, -0.15) is 0 Å². The molecule has 6 heteroatoms. The second kappa shape index (κ2) is 12.7. The first kappa shape index (κ1) is 27.3. The molecule has 39 heavy (non-hydrogen) atoms. The fraction of sp³-hybridized carbons (Fsp3) is 0.182. The summed E-state index contributed by atoms with van der Waals surface area (Å²) in [5, 5.41) is 12.6. The fourth-order valence-electron chi connectivity index (χ4n) is 4.48. The number of aryl methyl sites for hydroxylation is 2. The van der Waals surface area contributed by atoms with E-state index in [-0.39, 0.29) is 18.1 Å². The van der Waals surface area contributed by atoms with E-state index >= 15 is 0 Å². The van der Waals surface area contributed by atoms with Crippen LogP contribution in [0.2, 0.25) is 0 Å². The van der Waals surface area contributed by atoms with Gasteiger partial charge in [0.1, 0.15) is 5.75 Å². The number of amides is 1. The van der Waals surface area contributed by atoms with Gasteiger partial charge in [0.25, 0.3) is 5.91 Å². The van der Waals surface area contributed by atoms with Crippen LogP contribution in [0.1, 0.15) is 44.7 Å². The van der Waals surface area contributed by atoms with Gasteiger partial charge < -0.3 is 15.2 Å². The van der Waals surface area contributed by atoms with E-state index in [4.69, 9.17) is 4.74 Å². The molecule has 0 heterocycles. The Kier molecular flexibility index (Phi) is 8.90. The Labute approximate surface area is 228 Å². The number of Topliss-reactive ketones (excluding diaryl/α,β-unsaturated/α-hetero) is 1. The van der Waals surface area contributed by atoms with Crippen molar-refractivity contribution in [2.45, 2.75) is 26.2 Å². The maximum absolute atomic E-state index is 13.0. The predicted octanol–water partition coefficient (Wildman–Crippen LogP) is 6.83. The SMILES string of the molecule is COc1ccc(C(=O)Nc2ccc(-c3ccc(C(=O)CC(CCc4ccccc4)C(=O)O)c(C)c3)cc2)cc1. The van der Waals surface area contributed by atoms with Crippen molar-refractivity contribution in [3.05, 3.63) is 119 Å². The number of hydrogen-bond donors (Lipinski definition) is 2. The average molecular weight is 522 g/mol. The number of carbonyl (C=O) groups excluding carboxylic acids is 2. The molecule has 0 radical (unpaired) electrons. The summed E-state index contributed by atoms with van der Waals surface area (Å²) in [4.78, 5) is 37.4. The van der Waals surface area contributed by atoms with E-state index in [9.17, 15) is 19.5 Å². The Hall–Kier alpha value is -4.71. The highest BCUT2D eigenvalue weighted by atomic mass is 16.5. The Morgan fingerprint density at radius 3 is 2.13 bits per heavy atom. The Bertz CT molecular complexity index is 1440. The minimum Gasteiger partial charge on any atom is -0.497 e. The van der Waals surface area contributed by atoms with E-state index < -0.39 is 11.9 Å². The molecular weight excluding hydrogens is 490 g/mol. The van der Waals surface area contributed by atoms with Crippen LogP contribution in [0.25, 0.3) is 11.1 Å². The molecule has 0 fully saturated rings. The van der Waals surface area contributed by atoms with E-state index in [2.05, 4.69) is 5.32 Å². The summed E-state index contributed by atoms with van der Waals surface area (Å²) < 4.78 is 5.13. The number of ketones is 1. The number of ether oxygens (including phenoxy) is 1. The molecule has 198 valence electrons. The van der Waals surface area contributed by atoms with Gasteiger partial charge in [-0.15, -0.1) is 0 Å². The van der Waals surface area contributed by atoms with E-state index in [1.807, 2.05) is 73.7 Å². The molecule has 0 aromatic heterocycles. The van der Waals surface area contributed by atoms with Crippen LogP contribution in [0.4, 0.5) is 5.69 Å². The summed E-state index contributed by atoms with van der Waals surface area (Å²) in [6.07, 6.45) is 0.980. The number of anilines is 1. The highest BCUT2D eigenvalue weighted by Crippen LogP contribution is 2.26. The van der Waals surface area contributed by atoms with Crippen LogP contribution in [-0.2, 0) is 11.2 Å². The van der Waals surface area contributed by atoms with Crippen LogP contribution in [0.3, 0.4) is 0 Å². The molecule has 1 atom stereocenters. The maximum atomic E-state index is 13.0. The highest BCUT2D eigenvalue weighted by molar-refractivity contribution is 6.04. The van der Waals surface area contributed by atoms with Gasteiger partial charge in [-0.3, -0.25) is 14.4 Å². The van der Waals surface area contributed by atoms with Crippen LogP contribution >= 0.6 is 0 Å². The number of methoxy groups -OCH3 is 1. The summed E-state index contributed by atoms with van der Waals surface area (Å²) in [6, 6.07) is 29.6. The van der Waals surface area contributed by atoms with E-state index in [1.165, 1.54) is 0 Å². The van der Waals surface area contributed by atoms with Crippen molar-refractivity contribution in [3.8, 4) is 16.9 Å². The van der Waals surface area contributed by atoms with Gasteiger partial charge in [0.2, 0.25) is 0 Å². The second-order valence-electron chi connectivity index (χ2n) is 9.48. The summed E-state index contributed by atoms with van der Waals surface area (Å²) in [5.74, 6) is -1.39. The van der Waals surface area contributed by atoms with Crippen LogP contribution < -0.4 is 10.1 Å². The van der Waals surface area contributed by atoms with Crippen molar-refractivity contribution in [1.82, 2.24) is 0 Å². The van der Waals surface area contributed by atoms with Crippen molar-refractivity contribution in [3.63, 3.8) is 0 Å². The zero-order valence-electron chi connectivity index (χ0n) is 22.0. The molecule has 2 N–H and O–H groups in total. The lowest BCUT2D eigenvalue weighted by Gasteiger charge is -2.14. The highest BCUT2D eigenvalue weighted by Gasteiger charge is 2.23. The first-order chi connectivity index (χ1) is 18.8. The van der Waals surface area contributed by atoms with Crippen molar-refractivity contribution in [2.24, 2.45) is 5.92 Å². The zero-order valence-corrected chi connectivity index (χ0v) is 22.0. The third kappa shape index (κ3) is 7.20. The molecule has 0 aliphatic rings. The standard InChI is InChI=1S/C33H31NO5/c1-22-20-26(24-10-15-28(16-11-24)34-32(36)25-12-17-29(39-2)18-13-25)14-19-30(22)31(35)21-27(33(37)38)9-8-23-6-4-3-5-7-23/h3-7,10-20,27H,8-9,21H2,1-2H3,(H,34,36)(H,37,38). The van der Waals surface area contributed by atoms with Crippen molar-refractivity contribution in [2.75, 3.05) is 12.4 Å². The van der Waals surface area contributed by atoms with Crippen molar-refractivity contribution in [1.29, 1.82) is 0 Å². The van der Waals surface area contributed by atoms with Crippen molar-refractivity contribution < 1.29 is 24.2 Å². The molecule has 1 amide bonds. The zero-order chi connectivity index (χ0) is 27.8. The van der Waals surface area contributed by atoms with Gasteiger partial charge in [0, 0.05) is 23.2 Å². The van der Waals surface area contributed by atoms with Gasteiger partial charge in [-0.1, -0.05) is 60.7 Å². The molecule has 0 aliphatic carbocycles. The number of carbonyl (C=O) groups is 3. The second-order valence-corrected chi connectivity index (χ2v) is 9.48. The van der Waals surface area contributed by atoms with Gasteiger partial charge in [-0.05, 0) is 78.4 Å². The summed E-state index contributed by atoms with van der Waals surface area (Å²) in [6.45, 7) is 1.86. The molecule has 0 saturated heterocycles. The van der Waals surface area contributed by atoms with Crippen LogP contribution in [0.15, 0.2) is 97.1 Å². The number of carboxylic acid groups (broad SMARTS) is 1. The Balaban J connectivity index is 1.39. The third-order valence-electron chi connectivity index (χ3n) is 6.76. The number of nitrogens with one attached hydrogen (secondary N) is 1. The first-order valence-corrected chi connectivity index (χ1v) is 12.8. The first-order valence-electron chi connectivity index (χ1n) is 12.8. The van der Waals surface area contributed by atoms with Crippen LogP contribution in [0.5, 0.6) is 5.75 Å². The topological polar surface area (TPSA) is 92.7 Å². The largest absolute Gasteiger partial charge is 0.497 e. The van der Waals surface area contributed by atoms with E-state index in [0.29, 0.717) is 35.4 Å². The Morgan fingerprint density at radius 2 is 1.51 bits per heavy atom. The summed E-state index contributed by atoms with van der Waals surface area (Å²) >= 11 is 0. The molecule has 4 aromatic rings. The molecule has 6 nitrogen and oxygen atoms in total. The molecule has 0 saturated carbocycles. The molecule has 1 unspecified atom stereocenters. The smallest absolute Gasteiger partial charge is 0.306 e. The third-order valence-corrected chi connectivity index (χ3v) is 6.76. The number of hydrogen-bond acceptors (Lipinski definition) is 4. The molecule has 4 aromatic carbocycles. The van der Waals surface area contributed by atoms with Crippen molar-refractivity contribution >= 4 is 23.3 Å². The van der Waals surface area contributed by atoms with Gasteiger partial charge in [0.15, 0.2) is 5.78 Å². The lowest BCUT2D eigenvalue weighted by molar-refractivity contribution is -0.141. The van der Waals surface area contributed by atoms with Gasteiger partial charge in [0.05, 0.1) is 13.0 Å². The van der Waals surface area contributed by atoms with Crippen LogP contribution in [-0.4, -0.2) is 29.9 Å². The normalized spacial score (nSPS) is 11.4. The minimum atomic E-state index is -0.951. The fourth-order valence-corrected chi connectivity index (χ4v) is 4.48. The molecular formula is C33H31NO5. The molecule has 0 bridgehead atoms. The summed E-state index contributed by atoms with van der Waals surface area (Å²) in [7, 11) is 1.58. The quantitative estimate of drug-likeness (QED) is 0.211. The van der Waals surface area contributed by atoms with Crippen LogP contribution in [0, 0.1) is 12.8 Å². The number of rotatable bonds is 11. The van der Waals surface area contributed by atoms with E-state index in [1.54, 1.807) is 37.4 Å². The number of aliphatic carboxylic acids is 1. The number of carboxylic acids is 1. The molecule has 0 spiro atoms. The molecule has 0 aliphatic heterocycles. The van der Waals surface area contributed by atoms with Gasteiger partial charge in [-0.25, -0.2) is 0 Å². The van der Waals surface area contributed by atoms with E-state index in [0.717, 1.165) is 22.3 Å². The predicted molar refractivity (Wildman–Crippen MR) is 152 cm³/mol. The van der Waals surface area contributed by atoms with Gasteiger partial charge >= 0.3 is 5.97 Å². The average Bonchev–Trinajstić information content (AvgIpc) is 2.96. The molecule has 4 rings (SSSR count). The Morgan fingerprint density at radius 1 is 0.846 bits per heavy atom. The maximum Gasteiger partial charge on any atom is 0.306 e. The minimum absolute atomic E-state index is 0.0368.